The van der Waals surface area contributed by atoms with E-state index in [0.29, 0.717) is 30.0 Å². The molecule has 3 heterocycles. The van der Waals surface area contributed by atoms with E-state index in [1.807, 2.05) is 4.90 Å². The van der Waals surface area contributed by atoms with E-state index in [4.69, 9.17) is 0 Å². The Morgan fingerprint density at radius 3 is 2.86 bits per heavy atom. The molecule has 7 nitrogen and oxygen atoms in total. The third-order valence-electron chi connectivity index (χ3n) is 5.98. The van der Waals surface area contributed by atoms with Gasteiger partial charge in [-0.2, -0.15) is 13.1 Å². The van der Waals surface area contributed by atoms with Gasteiger partial charge in [-0.3, -0.25) is 4.79 Å². The number of hydrogen-bond donors (Lipinski definition) is 0. The van der Waals surface area contributed by atoms with Gasteiger partial charge in [0, 0.05) is 25.7 Å². The minimum atomic E-state index is -3.71. The van der Waals surface area contributed by atoms with Crippen molar-refractivity contribution in [2.45, 2.75) is 56.4 Å². The molecule has 0 aliphatic carbocycles. The van der Waals surface area contributed by atoms with Crippen LogP contribution in [0.15, 0.2) is 23.1 Å². The predicted octanol–water partition coefficient (Wildman–Crippen LogP) is 2.88. The maximum Gasteiger partial charge on any atom is 0.245 e. The molecule has 0 radical (unpaired) electrons. The molecule has 2 aliphatic rings. The Labute approximate surface area is 170 Å². The summed E-state index contributed by atoms with van der Waals surface area (Å²) in [5.41, 5.74) is 1.01. The van der Waals surface area contributed by atoms with Gasteiger partial charge in [-0.25, -0.2) is 8.42 Å². The number of hydrogen-bond acceptors (Lipinski definition) is 6. The van der Waals surface area contributed by atoms with Gasteiger partial charge in [0.05, 0.1) is 17.6 Å². The van der Waals surface area contributed by atoms with E-state index in [1.54, 1.807) is 18.2 Å². The minimum absolute atomic E-state index is 0.125. The smallest absolute Gasteiger partial charge is 0.245 e. The van der Waals surface area contributed by atoms with Crippen LogP contribution >= 0.6 is 11.7 Å². The van der Waals surface area contributed by atoms with Crippen molar-refractivity contribution in [1.82, 2.24) is 18.0 Å². The highest BCUT2D eigenvalue weighted by molar-refractivity contribution is 7.89. The van der Waals surface area contributed by atoms with Crippen LogP contribution in [0.5, 0.6) is 0 Å². The van der Waals surface area contributed by atoms with Crippen LogP contribution in [-0.2, 0) is 14.8 Å². The zero-order valence-electron chi connectivity index (χ0n) is 16.1. The van der Waals surface area contributed by atoms with Crippen LogP contribution < -0.4 is 0 Å². The van der Waals surface area contributed by atoms with Crippen molar-refractivity contribution in [3.05, 3.63) is 18.2 Å². The lowest BCUT2D eigenvalue weighted by Crippen LogP contribution is -2.50. The highest BCUT2D eigenvalue weighted by Crippen LogP contribution is 2.30. The van der Waals surface area contributed by atoms with Crippen LogP contribution in [0.2, 0.25) is 0 Å². The van der Waals surface area contributed by atoms with E-state index in [0.717, 1.165) is 44.0 Å². The second kappa shape index (κ2) is 8.04. The lowest BCUT2D eigenvalue weighted by molar-refractivity contribution is -0.140. The highest BCUT2D eigenvalue weighted by Gasteiger charge is 2.37. The fourth-order valence-electron chi connectivity index (χ4n) is 4.44. The Bertz CT molecular complexity index is 959. The van der Waals surface area contributed by atoms with Crippen molar-refractivity contribution in [2.75, 3.05) is 19.6 Å². The monoisotopic (exact) mass is 422 g/mol. The molecule has 2 fully saturated rings. The topological polar surface area (TPSA) is 83.5 Å². The molecule has 2 saturated heterocycles. The number of nitrogens with zero attached hydrogens (tertiary/aromatic N) is 4. The first-order chi connectivity index (χ1) is 13.5. The molecule has 2 atom stereocenters. The molecule has 2 aliphatic heterocycles. The van der Waals surface area contributed by atoms with Gasteiger partial charge in [0.2, 0.25) is 15.9 Å². The molecule has 0 bridgehead atoms. The maximum atomic E-state index is 13.3. The van der Waals surface area contributed by atoms with Gasteiger partial charge in [0.25, 0.3) is 0 Å². The molecule has 28 heavy (non-hydrogen) atoms. The van der Waals surface area contributed by atoms with E-state index in [9.17, 15) is 13.2 Å². The Hall–Kier alpha value is -1.58. The van der Waals surface area contributed by atoms with Gasteiger partial charge in [-0.1, -0.05) is 13.0 Å². The van der Waals surface area contributed by atoms with Crippen LogP contribution in [0.3, 0.4) is 0 Å². The largest absolute Gasteiger partial charge is 0.339 e. The molecule has 1 amide bonds. The summed E-state index contributed by atoms with van der Waals surface area (Å²) in [5.74, 6) is -0.136. The number of benzene rings is 1. The number of aromatic nitrogens is 2. The van der Waals surface area contributed by atoms with Crippen LogP contribution in [0.1, 0.15) is 45.4 Å². The summed E-state index contributed by atoms with van der Waals surface area (Å²) in [7, 11) is -3.71. The molecular formula is C19H26N4O3S2. The molecule has 1 aromatic carbocycles. The third kappa shape index (κ3) is 3.55. The first-order valence-electron chi connectivity index (χ1n) is 10.0. The van der Waals surface area contributed by atoms with Crippen LogP contribution in [0, 0.1) is 5.92 Å². The van der Waals surface area contributed by atoms with Crippen molar-refractivity contribution in [3.63, 3.8) is 0 Å². The van der Waals surface area contributed by atoms with Crippen LogP contribution in [-0.4, -0.2) is 58.0 Å². The number of carbonyl (C=O) groups is 1. The summed E-state index contributed by atoms with van der Waals surface area (Å²) >= 11 is 1.01. The molecule has 0 N–H and O–H groups in total. The molecule has 2 aromatic rings. The Balaban J connectivity index is 1.56. The number of amides is 1. The second-order valence-electron chi connectivity index (χ2n) is 7.68. The summed E-state index contributed by atoms with van der Waals surface area (Å²) in [6, 6.07) is 5.34. The normalized spacial score (nSPS) is 24.5. The Kier molecular flexibility index (Phi) is 5.66. The summed E-state index contributed by atoms with van der Waals surface area (Å²) in [4.78, 5) is 15.4. The first-order valence-corrected chi connectivity index (χ1v) is 12.2. The van der Waals surface area contributed by atoms with Gasteiger partial charge in [0.15, 0.2) is 0 Å². The van der Waals surface area contributed by atoms with E-state index in [-0.39, 0.29) is 23.3 Å². The average molecular weight is 423 g/mol. The first kappa shape index (κ1) is 19.7. The van der Waals surface area contributed by atoms with E-state index in [2.05, 4.69) is 15.7 Å². The third-order valence-corrected chi connectivity index (χ3v) is 8.42. The summed E-state index contributed by atoms with van der Waals surface area (Å²) < 4.78 is 36.4. The van der Waals surface area contributed by atoms with Crippen molar-refractivity contribution >= 4 is 38.7 Å². The minimum Gasteiger partial charge on any atom is -0.339 e. The Morgan fingerprint density at radius 2 is 2.04 bits per heavy atom. The Morgan fingerprint density at radius 1 is 1.18 bits per heavy atom. The van der Waals surface area contributed by atoms with Crippen molar-refractivity contribution in [3.8, 4) is 0 Å². The average Bonchev–Trinajstić information content (AvgIpc) is 3.22. The zero-order valence-corrected chi connectivity index (χ0v) is 17.7. The maximum absolute atomic E-state index is 13.3. The van der Waals surface area contributed by atoms with Crippen molar-refractivity contribution in [1.29, 1.82) is 0 Å². The standard InChI is InChI=1S/C19H26N4O3S2/c1-2-15-8-3-4-12-23(15)19(24)14-7-6-11-22(13-14)28(25,26)17-10-5-9-16-18(17)21-27-20-16/h5,9-10,14-15H,2-4,6-8,11-13H2,1H3/t14-,15-/m1/s1. The van der Waals surface area contributed by atoms with Crippen LogP contribution in [0.4, 0.5) is 0 Å². The number of rotatable bonds is 4. The summed E-state index contributed by atoms with van der Waals surface area (Å²) in [5, 5.41) is 0. The fourth-order valence-corrected chi connectivity index (χ4v) is 6.72. The fraction of sp³-hybridized carbons (Fsp3) is 0.632. The summed E-state index contributed by atoms with van der Waals surface area (Å²) in [6.07, 6.45) is 5.66. The van der Waals surface area contributed by atoms with Crippen molar-refractivity contribution < 1.29 is 13.2 Å². The van der Waals surface area contributed by atoms with Gasteiger partial charge in [-0.05, 0) is 50.7 Å². The van der Waals surface area contributed by atoms with Gasteiger partial charge < -0.3 is 4.90 Å². The number of piperidine rings is 2. The lowest BCUT2D eigenvalue weighted by atomic mass is 9.93. The van der Waals surface area contributed by atoms with E-state index >= 15 is 0 Å². The van der Waals surface area contributed by atoms with E-state index in [1.165, 1.54) is 10.7 Å². The molecule has 0 saturated carbocycles. The van der Waals surface area contributed by atoms with Crippen molar-refractivity contribution in [2.24, 2.45) is 5.92 Å². The lowest BCUT2D eigenvalue weighted by Gasteiger charge is -2.40. The number of carbonyl (C=O) groups excluding carboxylic acids is 1. The highest BCUT2D eigenvalue weighted by atomic mass is 32.2. The molecule has 4 rings (SSSR count). The summed E-state index contributed by atoms with van der Waals surface area (Å²) in [6.45, 7) is 3.61. The van der Waals surface area contributed by atoms with E-state index < -0.39 is 10.0 Å². The molecule has 9 heteroatoms. The second-order valence-corrected chi connectivity index (χ2v) is 10.1. The number of fused-ring (bicyclic) bond motifs is 1. The SMILES string of the molecule is CC[C@@H]1CCCCN1C(=O)[C@@H]1CCCN(S(=O)(=O)c2cccc3nsnc23)C1. The molecule has 1 aromatic heterocycles. The molecular weight excluding hydrogens is 396 g/mol. The van der Waals surface area contributed by atoms with Crippen LogP contribution in [0.25, 0.3) is 11.0 Å². The zero-order chi connectivity index (χ0) is 19.7. The van der Waals surface area contributed by atoms with Gasteiger partial charge in [-0.15, -0.1) is 0 Å². The molecule has 152 valence electrons. The van der Waals surface area contributed by atoms with Gasteiger partial charge >= 0.3 is 0 Å². The van der Waals surface area contributed by atoms with Gasteiger partial charge in [0.1, 0.15) is 15.9 Å². The number of sulfonamides is 1. The molecule has 0 unspecified atom stereocenters. The molecule has 0 spiro atoms. The quantitative estimate of drug-likeness (QED) is 0.756. The number of likely N-dealkylation sites (tertiary alicyclic amines) is 1. The predicted molar refractivity (Wildman–Crippen MR) is 109 cm³/mol.